The van der Waals surface area contributed by atoms with Gasteiger partial charge in [0.2, 0.25) is 0 Å². The van der Waals surface area contributed by atoms with Crippen LogP contribution in [0.3, 0.4) is 0 Å². The molecule has 0 fully saturated rings. The van der Waals surface area contributed by atoms with Gasteiger partial charge in [-0.3, -0.25) is 9.78 Å². The van der Waals surface area contributed by atoms with E-state index in [4.69, 9.17) is 0 Å². The number of hydrogen-bond acceptors (Lipinski definition) is 4. The van der Waals surface area contributed by atoms with E-state index in [0.29, 0.717) is 5.69 Å². The number of hydrogen-bond donors (Lipinski definition) is 1. The van der Waals surface area contributed by atoms with Crippen molar-refractivity contribution in [2.24, 2.45) is 0 Å². The molecule has 1 N–H and O–H groups in total. The minimum absolute atomic E-state index is 0.0227. The van der Waals surface area contributed by atoms with E-state index in [2.05, 4.69) is 15.3 Å². The molecule has 4 heterocycles. The molecule has 0 radical (unpaired) electrons. The Hall–Kier alpha value is -3.20. The third kappa shape index (κ3) is 3.73. The molecule has 29 heavy (non-hydrogen) atoms. The third-order valence-electron chi connectivity index (χ3n) is 4.44. The number of rotatable bonds is 4. The number of carbonyl (C=O) groups is 1. The molecule has 4 aromatic heterocycles. The first kappa shape index (κ1) is 19.1. The van der Waals surface area contributed by atoms with Crippen LogP contribution in [0.4, 0.5) is 13.2 Å². The molecule has 4 rings (SSSR count). The minimum atomic E-state index is -4.61. The fourth-order valence-electron chi connectivity index (χ4n) is 3.05. The van der Waals surface area contributed by atoms with Crippen LogP contribution in [0.1, 0.15) is 27.0 Å². The summed E-state index contributed by atoms with van der Waals surface area (Å²) >= 11 is 0.940. The van der Waals surface area contributed by atoms with Crippen molar-refractivity contribution in [1.29, 1.82) is 0 Å². The van der Waals surface area contributed by atoms with Gasteiger partial charge >= 0.3 is 6.18 Å². The van der Waals surface area contributed by atoms with E-state index in [0.717, 1.165) is 22.6 Å². The Bertz CT molecular complexity index is 1150. The highest BCUT2D eigenvalue weighted by Gasteiger charge is 2.42. The summed E-state index contributed by atoms with van der Waals surface area (Å²) in [5.74, 6) is -0.835. The molecular weight excluding hydrogens is 401 g/mol. The molecule has 0 bridgehead atoms. The molecule has 9 heteroatoms. The van der Waals surface area contributed by atoms with Gasteiger partial charge in [0.15, 0.2) is 6.04 Å². The van der Waals surface area contributed by atoms with Crippen LogP contribution >= 0.6 is 11.3 Å². The highest BCUT2D eigenvalue weighted by molar-refractivity contribution is 7.10. The minimum Gasteiger partial charge on any atom is -0.336 e. The van der Waals surface area contributed by atoms with Crippen molar-refractivity contribution in [1.82, 2.24) is 19.7 Å². The smallest absolute Gasteiger partial charge is 0.336 e. The number of alkyl halides is 3. The molecule has 148 valence electrons. The second kappa shape index (κ2) is 7.32. The first-order chi connectivity index (χ1) is 13.8. The van der Waals surface area contributed by atoms with Crippen molar-refractivity contribution >= 4 is 22.9 Å². The summed E-state index contributed by atoms with van der Waals surface area (Å²) in [6.07, 6.45) is 0.276. The van der Waals surface area contributed by atoms with Crippen LogP contribution in [0.2, 0.25) is 0 Å². The van der Waals surface area contributed by atoms with Crippen molar-refractivity contribution in [2.75, 3.05) is 0 Å². The van der Waals surface area contributed by atoms with Gasteiger partial charge in [-0.2, -0.15) is 13.2 Å². The Morgan fingerprint density at radius 3 is 2.72 bits per heavy atom. The lowest BCUT2D eigenvalue weighted by molar-refractivity contribution is -0.154. The fraction of sp³-hybridized carbons (Fsp3) is 0.150. The summed E-state index contributed by atoms with van der Waals surface area (Å²) in [6, 6.07) is 7.68. The first-order valence-electron chi connectivity index (χ1n) is 8.64. The van der Waals surface area contributed by atoms with E-state index in [1.807, 2.05) is 19.1 Å². The predicted octanol–water partition coefficient (Wildman–Crippen LogP) is 4.80. The maximum Gasteiger partial charge on any atom is 0.413 e. The van der Waals surface area contributed by atoms with Crippen LogP contribution in [-0.4, -0.2) is 26.5 Å². The van der Waals surface area contributed by atoms with Crippen LogP contribution in [0.15, 0.2) is 60.4 Å². The number of carbonyl (C=O) groups excluding carboxylic acids is 1. The normalized spacial score (nSPS) is 12.8. The molecule has 0 aliphatic rings. The summed E-state index contributed by atoms with van der Waals surface area (Å²) in [6.45, 7) is 1.83. The molecule has 1 atom stereocenters. The number of pyridine rings is 1. The topological polar surface area (TPSA) is 59.3 Å². The second-order valence-corrected chi connectivity index (χ2v) is 7.39. The number of nitrogens with one attached hydrogen (secondary N) is 1. The van der Waals surface area contributed by atoms with E-state index in [-0.39, 0.29) is 16.1 Å². The van der Waals surface area contributed by atoms with E-state index in [9.17, 15) is 18.0 Å². The Labute approximate surface area is 167 Å². The lowest BCUT2D eigenvalue weighted by Crippen LogP contribution is -2.37. The molecule has 4 aromatic rings. The SMILES string of the molecule is Cc1cc(-c2cccnc2)nc2c(C(=O)NC(c3cccs3)C(F)(F)F)ccn12. The Morgan fingerprint density at radius 1 is 1.24 bits per heavy atom. The van der Waals surface area contributed by atoms with Crippen LogP contribution in [-0.2, 0) is 0 Å². The summed E-state index contributed by atoms with van der Waals surface area (Å²) in [5, 5.41) is 3.65. The quantitative estimate of drug-likeness (QED) is 0.520. The largest absolute Gasteiger partial charge is 0.413 e. The Morgan fingerprint density at radius 2 is 2.07 bits per heavy atom. The fourth-order valence-corrected chi connectivity index (χ4v) is 3.85. The van der Waals surface area contributed by atoms with Gasteiger partial charge in [0, 0.05) is 34.7 Å². The highest BCUT2D eigenvalue weighted by Crippen LogP contribution is 2.35. The zero-order valence-corrected chi connectivity index (χ0v) is 16.0. The van der Waals surface area contributed by atoms with Gasteiger partial charge in [-0.25, -0.2) is 4.98 Å². The average molecular weight is 416 g/mol. The van der Waals surface area contributed by atoms with Crippen molar-refractivity contribution in [3.05, 3.63) is 76.5 Å². The van der Waals surface area contributed by atoms with Gasteiger partial charge in [-0.05, 0) is 42.6 Å². The molecule has 0 saturated carbocycles. The zero-order chi connectivity index (χ0) is 20.6. The molecule has 0 aromatic carbocycles. The summed E-state index contributed by atoms with van der Waals surface area (Å²) in [4.78, 5) is 21.3. The maximum absolute atomic E-state index is 13.5. The van der Waals surface area contributed by atoms with Gasteiger partial charge in [0.25, 0.3) is 5.91 Å². The summed E-state index contributed by atoms with van der Waals surface area (Å²) < 4.78 is 42.2. The number of halogens is 3. The molecular formula is C20H15F3N4OS. The Balaban J connectivity index is 1.73. The van der Waals surface area contributed by atoms with Crippen LogP contribution in [0, 0.1) is 6.92 Å². The van der Waals surface area contributed by atoms with Gasteiger partial charge in [-0.15, -0.1) is 11.3 Å². The van der Waals surface area contributed by atoms with Gasteiger partial charge in [-0.1, -0.05) is 6.07 Å². The van der Waals surface area contributed by atoms with Crippen molar-refractivity contribution < 1.29 is 18.0 Å². The summed E-state index contributed by atoms with van der Waals surface area (Å²) in [5.41, 5.74) is 2.48. The van der Waals surface area contributed by atoms with E-state index in [1.54, 1.807) is 34.4 Å². The molecule has 0 saturated heterocycles. The second-order valence-electron chi connectivity index (χ2n) is 6.41. The van der Waals surface area contributed by atoms with Crippen molar-refractivity contribution in [2.45, 2.75) is 19.1 Å². The van der Waals surface area contributed by atoms with E-state index >= 15 is 0 Å². The lowest BCUT2D eigenvalue weighted by Gasteiger charge is -2.20. The molecule has 0 spiro atoms. The number of fused-ring (bicyclic) bond motifs is 1. The van der Waals surface area contributed by atoms with Crippen LogP contribution < -0.4 is 5.32 Å². The lowest BCUT2D eigenvalue weighted by atomic mass is 10.2. The standard InChI is InChI=1S/C20H15F3N4OS/c1-12-10-15(13-4-2-7-24-11-13)25-18-14(6-8-27(12)18)19(28)26-17(20(21,22)23)16-5-3-9-29-16/h2-11,17H,1H3,(H,26,28). The molecule has 0 aliphatic heterocycles. The van der Waals surface area contributed by atoms with Crippen molar-refractivity contribution in [3.8, 4) is 11.3 Å². The highest BCUT2D eigenvalue weighted by atomic mass is 32.1. The summed E-state index contributed by atoms with van der Waals surface area (Å²) in [7, 11) is 0. The number of aryl methyl sites for hydroxylation is 1. The number of amides is 1. The van der Waals surface area contributed by atoms with Crippen LogP contribution in [0.5, 0.6) is 0 Å². The molecule has 1 amide bonds. The van der Waals surface area contributed by atoms with Crippen molar-refractivity contribution in [3.63, 3.8) is 0 Å². The van der Waals surface area contributed by atoms with Gasteiger partial charge in [0.05, 0.1) is 11.3 Å². The first-order valence-corrected chi connectivity index (χ1v) is 9.52. The predicted molar refractivity (Wildman–Crippen MR) is 104 cm³/mol. The molecule has 1 unspecified atom stereocenters. The number of nitrogens with zero attached hydrogens (tertiary/aromatic N) is 3. The number of thiophene rings is 1. The Kier molecular flexibility index (Phi) is 4.83. The molecule has 5 nitrogen and oxygen atoms in total. The zero-order valence-electron chi connectivity index (χ0n) is 15.1. The number of aromatic nitrogens is 3. The third-order valence-corrected chi connectivity index (χ3v) is 5.38. The average Bonchev–Trinajstić information content (AvgIpc) is 3.36. The monoisotopic (exact) mass is 416 g/mol. The molecule has 0 aliphatic carbocycles. The van der Waals surface area contributed by atoms with E-state index in [1.165, 1.54) is 18.2 Å². The van der Waals surface area contributed by atoms with Crippen LogP contribution in [0.25, 0.3) is 16.9 Å². The van der Waals surface area contributed by atoms with E-state index < -0.39 is 18.1 Å². The maximum atomic E-state index is 13.5. The van der Waals surface area contributed by atoms with Gasteiger partial charge in [0.1, 0.15) is 5.65 Å². The van der Waals surface area contributed by atoms with Gasteiger partial charge < -0.3 is 9.72 Å².